The third-order valence-electron chi connectivity index (χ3n) is 4.80. The van der Waals surface area contributed by atoms with Crippen molar-refractivity contribution >= 4 is 11.6 Å². The molecule has 1 N–H and O–H groups in total. The monoisotopic (exact) mass is 338 g/mol. The average molecular weight is 338 g/mol. The molecule has 1 aliphatic heterocycles. The van der Waals surface area contributed by atoms with Gasteiger partial charge in [0.25, 0.3) is 0 Å². The number of hydrogen-bond acceptors (Lipinski definition) is 4. The summed E-state index contributed by atoms with van der Waals surface area (Å²) in [5.41, 5.74) is 3.38. The lowest BCUT2D eigenvalue weighted by Crippen LogP contribution is -2.53. The SMILES string of the molecule is Cc1cc(N2CCN(C(C)C(=O)NCc3ccccc3)CC2)ccn1. The van der Waals surface area contributed by atoms with Crippen LogP contribution in [-0.2, 0) is 11.3 Å². The maximum Gasteiger partial charge on any atom is 0.237 e. The number of amides is 1. The van der Waals surface area contributed by atoms with Gasteiger partial charge in [-0.25, -0.2) is 0 Å². The van der Waals surface area contributed by atoms with Gasteiger partial charge in [0, 0.05) is 50.3 Å². The summed E-state index contributed by atoms with van der Waals surface area (Å²) in [6, 6.07) is 14.1. The van der Waals surface area contributed by atoms with Crippen molar-refractivity contribution in [2.24, 2.45) is 0 Å². The molecule has 0 aliphatic carbocycles. The second-order valence-corrected chi connectivity index (χ2v) is 6.56. The fraction of sp³-hybridized carbons (Fsp3) is 0.400. The summed E-state index contributed by atoms with van der Waals surface area (Å²) in [5.74, 6) is 0.0945. The lowest BCUT2D eigenvalue weighted by atomic mass is 10.2. The van der Waals surface area contributed by atoms with Crippen LogP contribution in [0, 0.1) is 6.92 Å². The number of nitrogens with one attached hydrogen (secondary N) is 1. The lowest BCUT2D eigenvalue weighted by Gasteiger charge is -2.38. The van der Waals surface area contributed by atoms with Gasteiger partial charge < -0.3 is 10.2 Å². The minimum absolute atomic E-state index is 0.0945. The predicted molar refractivity (Wildman–Crippen MR) is 101 cm³/mol. The van der Waals surface area contributed by atoms with E-state index in [2.05, 4.69) is 32.2 Å². The van der Waals surface area contributed by atoms with Gasteiger partial charge in [-0.2, -0.15) is 0 Å². The minimum Gasteiger partial charge on any atom is -0.369 e. The van der Waals surface area contributed by atoms with Crippen LogP contribution >= 0.6 is 0 Å². The Balaban J connectivity index is 1.49. The van der Waals surface area contributed by atoms with E-state index >= 15 is 0 Å². The Hall–Kier alpha value is -2.40. The van der Waals surface area contributed by atoms with Gasteiger partial charge in [-0.1, -0.05) is 30.3 Å². The molecule has 1 aliphatic rings. The van der Waals surface area contributed by atoms with Gasteiger partial charge in [0.05, 0.1) is 6.04 Å². The van der Waals surface area contributed by atoms with Gasteiger partial charge >= 0.3 is 0 Å². The van der Waals surface area contributed by atoms with E-state index in [1.54, 1.807) is 0 Å². The molecule has 1 saturated heterocycles. The van der Waals surface area contributed by atoms with Crippen LogP contribution in [0.2, 0.25) is 0 Å². The quantitative estimate of drug-likeness (QED) is 0.908. The van der Waals surface area contributed by atoms with E-state index in [4.69, 9.17) is 0 Å². The highest BCUT2D eigenvalue weighted by atomic mass is 16.2. The van der Waals surface area contributed by atoms with Gasteiger partial charge in [0.2, 0.25) is 5.91 Å². The number of rotatable bonds is 5. The molecule has 1 aromatic heterocycles. The third kappa shape index (κ3) is 4.57. The minimum atomic E-state index is -0.106. The molecule has 1 amide bonds. The number of hydrogen-bond donors (Lipinski definition) is 1. The maximum atomic E-state index is 12.4. The Morgan fingerprint density at radius 2 is 1.88 bits per heavy atom. The van der Waals surface area contributed by atoms with Crippen LogP contribution in [0.3, 0.4) is 0 Å². The van der Waals surface area contributed by atoms with E-state index in [-0.39, 0.29) is 11.9 Å². The summed E-state index contributed by atoms with van der Waals surface area (Å²) in [6.45, 7) is 8.23. The van der Waals surface area contributed by atoms with Crippen molar-refractivity contribution in [2.45, 2.75) is 26.4 Å². The zero-order chi connectivity index (χ0) is 17.6. The van der Waals surface area contributed by atoms with Crippen LogP contribution < -0.4 is 10.2 Å². The topological polar surface area (TPSA) is 48.5 Å². The van der Waals surface area contributed by atoms with Gasteiger partial charge in [-0.3, -0.25) is 14.7 Å². The van der Waals surface area contributed by atoms with Crippen molar-refractivity contribution < 1.29 is 4.79 Å². The molecule has 5 nitrogen and oxygen atoms in total. The molecule has 5 heteroatoms. The van der Waals surface area contributed by atoms with Crippen molar-refractivity contribution in [1.82, 2.24) is 15.2 Å². The first-order valence-corrected chi connectivity index (χ1v) is 8.87. The van der Waals surface area contributed by atoms with Gasteiger partial charge in [-0.15, -0.1) is 0 Å². The summed E-state index contributed by atoms with van der Waals surface area (Å²) in [7, 11) is 0. The van der Waals surface area contributed by atoms with Crippen LogP contribution in [0.5, 0.6) is 0 Å². The van der Waals surface area contributed by atoms with Crippen molar-refractivity contribution in [1.29, 1.82) is 0 Å². The van der Waals surface area contributed by atoms with E-state index in [0.717, 1.165) is 37.4 Å². The Bertz CT molecular complexity index is 696. The number of benzene rings is 1. The third-order valence-corrected chi connectivity index (χ3v) is 4.80. The van der Waals surface area contributed by atoms with Crippen LogP contribution in [0.1, 0.15) is 18.2 Å². The zero-order valence-corrected chi connectivity index (χ0v) is 15.0. The predicted octanol–water partition coefficient (Wildman–Crippen LogP) is 2.22. The first kappa shape index (κ1) is 17.4. The fourth-order valence-corrected chi connectivity index (χ4v) is 3.19. The summed E-state index contributed by atoms with van der Waals surface area (Å²) in [5, 5.41) is 3.04. The molecule has 1 unspecified atom stereocenters. The Morgan fingerprint density at radius 1 is 1.16 bits per heavy atom. The molecule has 3 rings (SSSR count). The molecular formula is C20H26N4O. The summed E-state index contributed by atoms with van der Waals surface area (Å²) < 4.78 is 0. The first-order chi connectivity index (χ1) is 12.1. The molecule has 0 spiro atoms. The molecule has 1 fully saturated rings. The summed E-state index contributed by atoms with van der Waals surface area (Å²) in [4.78, 5) is 21.3. The van der Waals surface area contributed by atoms with Crippen LogP contribution in [-0.4, -0.2) is 48.0 Å². The molecule has 0 saturated carbocycles. The summed E-state index contributed by atoms with van der Waals surface area (Å²) >= 11 is 0. The van der Waals surface area contributed by atoms with Crippen LogP contribution in [0.4, 0.5) is 5.69 Å². The Morgan fingerprint density at radius 3 is 2.56 bits per heavy atom. The van der Waals surface area contributed by atoms with Gasteiger partial charge in [-0.05, 0) is 31.5 Å². The number of anilines is 1. The Kier molecular flexibility index (Phi) is 5.66. The fourth-order valence-electron chi connectivity index (χ4n) is 3.19. The van der Waals surface area contributed by atoms with E-state index in [0.29, 0.717) is 6.54 Å². The highest BCUT2D eigenvalue weighted by molar-refractivity contribution is 5.81. The molecule has 0 radical (unpaired) electrons. The molecule has 25 heavy (non-hydrogen) atoms. The van der Waals surface area contributed by atoms with Crippen molar-refractivity contribution in [2.75, 3.05) is 31.1 Å². The number of pyridine rings is 1. The number of aromatic nitrogens is 1. The normalized spacial score (nSPS) is 16.5. The molecule has 1 aromatic carbocycles. The highest BCUT2D eigenvalue weighted by Gasteiger charge is 2.25. The molecule has 0 bridgehead atoms. The average Bonchev–Trinajstić information content (AvgIpc) is 2.66. The van der Waals surface area contributed by atoms with E-state index in [9.17, 15) is 4.79 Å². The molecule has 1 atom stereocenters. The number of nitrogens with zero attached hydrogens (tertiary/aromatic N) is 3. The maximum absolute atomic E-state index is 12.4. The van der Waals surface area contributed by atoms with Gasteiger partial charge in [0.1, 0.15) is 0 Å². The van der Waals surface area contributed by atoms with Crippen LogP contribution in [0.25, 0.3) is 0 Å². The number of aryl methyl sites for hydroxylation is 1. The number of piperazine rings is 1. The van der Waals surface area contributed by atoms with Gasteiger partial charge in [0.15, 0.2) is 0 Å². The second-order valence-electron chi connectivity index (χ2n) is 6.56. The van der Waals surface area contributed by atoms with Crippen molar-refractivity contribution in [3.8, 4) is 0 Å². The van der Waals surface area contributed by atoms with E-state index < -0.39 is 0 Å². The molecule has 2 aromatic rings. The van der Waals surface area contributed by atoms with Crippen molar-refractivity contribution in [3.63, 3.8) is 0 Å². The smallest absolute Gasteiger partial charge is 0.237 e. The zero-order valence-electron chi connectivity index (χ0n) is 15.0. The first-order valence-electron chi connectivity index (χ1n) is 8.87. The van der Waals surface area contributed by atoms with E-state index in [1.807, 2.05) is 50.4 Å². The molecular weight excluding hydrogens is 312 g/mol. The lowest BCUT2D eigenvalue weighted by molar-refractivity contribution is -0.126. The molecule has 132 valence electrons. The van der Waals surface area contributed by atoms with E-state index in [1.165, 1.54) is 5.69 Å². The standard InChI is InChI=1S/C20H26N4O/c1-16-14-19(8-9-21-16)24-12-10-23(11-13-24)17(2)20(25)22-15-18-6-4-3-5-7-18/h3-9,14,17H,10-13,15H2,1-2H3,(H,22,25). The number of carbonyl (C=O) groups excluding carboxylic acids is 1. The second kappa shape index (κ2) is 8.12. The highest BCUT2D eigenvalue weighted by Crippen LogP contribution is 2.17. The summed E-state index contributed by atoms with van der Waals surface area (Å²) in [6.07, 6.45) is 1.86. The Labute approximate surface area is 149 Å². The molecule has 2 heterocycles. The van der Waals surface area contributed by atoms with Crippen molar-refractivity contribution in [3.05, 3.63) is 59.9 Å². The largest absolute Gasteiger partial charge is 0.369 e. The van der Waals surface area contributed by atoms with Crippen LogP contribution in [0.15, 0.2) is 48.7 Å². The number of carbonyl (C=O) groups is 1.